The van der Waals surface area contributed by atoms with Crippen molar-refractivity contribution in [1.82, 2.24) is 10.2 Å². The fourth-order valence-electron chi connectivity index (χ4n) is 1.99. The van der Waals surface area contributed by atoms with Gasteiger partial charge in [-0.2, -0.15) is 0 Å². The molecule has 5 heteroatoms. The van der Waals surface area contributed by atoms with Crippen LogP contribution in [0.1, 0.15) is 10.4 Å². The Hall–Kier alpha value is -2.95. The molecule has 0 atom stereocenters. The van der Waals surface area contributed by atoms with E-state index in [1.165, 1.54) is 7.11 Å². The van der Waals surface area contributed by atoms with Gasteiger partial charge in [-0.05, 0) is 24.3 Å². The van der Waals surface area contributed by atoms with E-state index >= 15 is 0 Å². The first-order valence-electron chi connectivity index (χ1n) is 6.36. The molecule has 21 heavy (non-hydrogen) atoms. The highest BCUT2D eigenvalue weighted by Gasteiger charge is 2.17. The second-order valence-electron chi connectivity index (χ2n) is 4.32. The normalized spacial score (nSPS) is 10.3. The summed E-state index contributed by atoms with van der Waals surface area (Å²) in [6, 6.07) is 16.4. The predicted octanol–water partition coefficient (Wildman–Crippen LogP) is 3.19. The summed E-state index contributed by atoms with van der Waals surface area (Å²) in [6.07, 6.45) is 0. The fraction of sp³-hybridized carbons (Fsp3) is 0.0625. The van der Waals surface area contributed by atoms with E-state index in [4.69, 9.17) is 9.15 Å². The molecule has 0 amide bonds. The molecule has 0 spiro atoms. The number of nitrogens with zero attached hydrogens (tertiary/aromatic N) is 2. The first-order valence-corrected chi connectivity index (χ1v) is 6.36. The molecule has 3 rings (SSSR count). The molecule has 0 aliphatic rings. The third-order valence-corrected chi connectivity index (χ3v) is 3.01. The van der Waals surface area contributed by atoms with E-state index in [0.717, 1.165) is 5.56 Å². The van der Waals surface area contributed by atoms with Crippen LogP contribution in [0, 0.1) is 0 Å². The maximum Gasteiger partial charge on any atom is 0.338 e. The Morgan fingerprint density at radius 1 is 0.952 bits per heavy atom. The Morgan fingerprint density at radius 2 is 1.62 bits per heavy atom. The minimum Gasteiger partial charge on any atom is -0.465 e. The topological polar surface area (TPSA) is 65.2 Å². The van der Waals surface area contributed by atoms with Gasteiger partial charge < -0.3 is 9.15 Å². The number of hydrogen-bond donors (Lipinski definition) is 0. The van der Waals surface area contributed by atoms with E-state index in [-0.39, 0.29) is 5.89 Å². The Morgan fingerprint density at radius 3 is 2.38 bits per heavy atom. The third kappa shape index (κ3) is 2.53. The summed E-state index contributed by atoms with van der Waals surface area (Å²) in [4.78, 5) is 11.8. The summed E-state index contributed by atoms with van der Waals surface area (Å²) in [5, 5.41) is 8.04. The van der Waals surface area contributed by atoms with Gasteiger partial charge in [0.05, 0.1) is 18.2 Å². The Bertz CT molecular complexity index is 766. The van der Waals surface area contributed by atoms with E-state index < -0.39 is 5.97 Å². The summed E-state index contributed by atoms with van der Waals surface area (Å²) >= 11 is 0. The van der Waals surface area contributed by atoms with Crippen molar-refractivity contribution in [2.24, 2.45) is 0 Å². The average Bonchev–Trinajstić information content (AvgIpc) is 3.05. The first-order chi connectivity index (χ1) is 10.3. The van der Waals surface area contributed by atoms with Crippen molar-refractivity contribution in [1.29, 1.82) is 0 Å². The second kappa shape index (κ2) is 5.58. The zero-order valence-corrected chi connectivity index (χ0v) is 11.3. The third-order valence-electron chi connectivity index (χ3n) is 3.01. The van der Waals surface area contributed by atoms with Gasteiger partial charge in [0, 0.05) is 5.56 Å². The van der Waals surface area contributed by atoms with E-state index in [0.29, 0.717) is 17.0 Å². The van der Waals surface area contributed by atoms with Crippen molar-refractivity contribution in [3.8, 4) is 22.9 Å². The van der Waals surface area contributed by atoms with Crippen molar-refractivity contribution in [2.45, 2.75) is 0 Å². The molecule has 104 valence electrons. The molecule has 0 aliphatic heterocycles. The largest absolute Gasteiger partial charge is 0.465 e. The number of rotatable bonds is 3. The van der Waals surface area contributed by atoms with Gasteiger partial charge in [0.25, 0.3) is 0 Å². The van der Waals surface area contributed by atoms with Crippen LogP contribution in [0.4, 0.5) is 0 Å². The van der Waals surface area contributed by atoms with Gasteiger partial charge in [-0.15, -0.1) is 10.2 Å². The van der Waals surface area contributed by atoms with Gasteiger partial charge in [0.15, 0.2) is 0 Å². The summed E-state index contributed by atoms with van der Waals surface area (Å²) in [6.45, 7) is 0. The van der Waals surface area contributed by atoms with Crippen LogP contribution < -0.4 is 0 Å². The van der Waals surface area contributed by atoms with Crippen LogP contribution in [0.3, 0.4) is 0 Å². The quantitative estimate of drug-likeness (QED) is 0.689. The monoisotopic (exact) mass is 280 g/mol. The number of benzene rings is 2. The number of methoxy groups -OCH3 is 1. The zero-order valence-electron chi connectivity index (χ0n) is 11.3. The van der Waals surface area contributed by atoms with Crippen molar-refractivity contribution in [2.75, 3.05) is 7.11 Å². The van der Waals surface area contributed by atoms with Crippen LogP contribution in [0.15, 0.2) is 59.0 Å². The second-order valence-corrected chi connectivity index (χ2v) is 4.32. The molecule has 2 aromatic carbocycles. The van der Waals surface area contributed by atoms with Gasteiger partial charge >= 0.3 is 5.97 Å². The zero-order chi connectivity index (χ0) is 14.7. The molecule has 0 N–H and O–H groups in total. The van der Waals surface area contributed by atoms with E-state index in [1.54, 1.807) is 24.3 Å². The number of esters is 1. The van der Waals surface area contributed by atoms with Crippen LogP contribution in [0.25, 0.3) is 22.9 Å². The maximum atomic E-state index is 11.8. The standard InChI is InChI=1S/C16H12N2O3/c1-20-16(19)13-10-6-5-9-12(13)15-18-17-14(21-15)11-7-3-2-4-8-11/h2-10H,1H3. The minimum absolute atomic E-state index is 0.287. The average molecular weight is 280 g/mol. The Kier molecular flexibility index (Phi) is 3.47. The molecule has 0 saturated heterocycles. The summed E-state index contributed by atoms with van der Waals surface area (Å²) in [5.41, 5.74) is 1.77. The number of hydrogen-bond acceptors (Lipinski definition) is 5. The highest BCUT2D eigenvalue weighted by atomic mass is 16.5. The number of carbonyl (C=O) groups is 1. The van der Waals surface area contributed by atoms with Crippen molar-refractivity contribution in [3.63, 3.8) is 0 Å². The molecule has 0 fully saturated rings. The first kappa shape index (κ1) is 13.1. The van der Waals surface area contributed by atoms with Gasteiger partial charge in [0.1, 0.15) is 0 Å². The van der Waals surface area contributed by atoms with Crippen LogP contribution in [-0.4, -0.2) is 23.3 Å². The Labute approximate surface area is 121 Å². The number of aromatic nitrogens is 2. The molecule has 0 radical (unpaired) electrons. The van der Waals surface area contributed by atoms with Gasteiger partial charge in [0.2, 0.25) is 11.8 Å². The van der Waals surface area contributed by atoms with Crippen molar-refractivity contribution in [3.05, 3.63) is 60.2 Å². The maximum absolute atomic E-state index is 11.8. The molecule has 0 aliphatic carbocycles. The van der Waals surface area contributed by atoms with E-state index in [2.05, 4.69) is 10.2 Å². The summed E-state index contributed by atoms with van der Waals surface area (Å²) in [7, 11) is 1.34. The molecule has 5 nitrogen and oxygen atoms in total. The number of carbonyl (C=O) groups excluding carboxylic acids is 1. The van der Waals surface area contributed by atoms with Crippen molar-refractivity contribution >= 4 is 5.97 Å². The van der Waals surface area contributed by atoms with Gasteiger partial charge in [-0.3, -0.25) is 0 Å². The van der Waals surface area contributed by atoms with Crippen LogP contribution in [-0.2, 0) is 4.74 Å². The summed E-state index contributed by atoms with van der Waals surface area (Å²) < 4.78 is 10.4. The molecule has 0 saturated carbocycles. The molecular formula is C16H12N2O3. The smallest absolute Gasteiger partial charge is 0.338 e. The van der Waals surface area contributed by atoms with Crippen LogP contribution >= 0.6 is 0 Å². The molecule has 0 unspecified atom stereocenters. The molecular weight excluding hydrogens is 268 g/mol. The molecule has 1 aromatic heterocycles. The Balaban J connectivity index is 2.03. The summed E-state index contributed by atoms with van der Waals surface area (Å²) in [5.74, 6) is 0.255. The van der Waals surface area contributed by atoms with Crippen LogP contribution in [0.5, 0.6) is 0 Å². The fourth-order valence-corrected chi connectivity index (χ4v) is 1.99. The minimum atomic E-state index is -0.440. The highest BCUT2D eigenvalue weighted by molar-refractivity contribution is 5.96. The highest BCUT2D eigenvalue weighted by Crippen LogP contribution is 2.26. The molecule has 1 heterocycles. The molecule has 0 bridgehead atoms. The van der Waals surface area contributed by atoms with Gasteiger partial charge in [-0.25, -0.2) is 4.79 Å². The van der Waals surface area contributed by atoms with Crippen LogP contribution in [0.2, 0.25) is 0 Å². The lowest BCUT2D eigenvalue weighted by Crippen LogP contribution is -2.03. The SMILES string of the molecule is COC(=O)c1ccccc1-c1nnc(-c2ccccc2)o1. The van der Waals surface area contributed by atoms with Crippen molar-refractivity contribution < 1.29 is 13.9 Å². The van der Waals surface area contributed by atoms with E-state index in [9.17, 15) is 4.79 Å². The lowest BCUT2D eigenvalue weighted by Gasteiger charge is -2.03. The lowest BCUT2D eigenvalue weighted by molar-refractivity contribution is 0.0601. The van der Waals surface area contributed by atoms with Gasteiger partial charge in [-0.1, -0.05) is 30.3 Å². The number of ether oxygens (including phenoxy) is 1. The lowest BCUT2D eigenvalue weighted by atomic mass is 10.1. The molecule has 3 aromatic rings. The predicted molar refractivity (Wildman–Crippen MR) is 76.5 cm³/mol. The van der Waals surface area contributed by atoms with E-state index in [1.807, 2.05) is 30.3 Å².